The fraction of sp³-hybridized carbons (Fsp3) is 0.724. The van der Waals surface area contributed by atoms with Gasteiger partial charge in [-0.1, -0.05) is 25.7 Å². The molecule has 0 radical (unpaired) electrons. The van der Waals surface area contributed by atoms with Crippen molar-refractivity contribution >= 4 is 25.0 Å². The number of fused-ring (bicyclic) bond motifs is 1. The Morgan fingerprint density at radius 2 is 1.91 bits per heavy atom. The number of imidazole rings is 1. The van der Waals surface area contributed by atoms with Crippen molar-refractivity contribution in [2.75, 3.05) is 13.2 Å². The van der Waals surface area contributed by atoms with Crippen molar-refractivity contribution in [2.24, 2.45) is 11.7 Å². The Morgan fingerprint density at radius 3 is 2.49 bits per heavy atom. The van der Waals surface area contributed by atoms with Crippen LogP contribution in [0.4, 0.5) is 22.0 Å². The number of halogens is 5. The number of nitrogens with zero attached hydrogens (tertiary/aromatic N) is 2. The molecule has 43 heavy (non-hydrogen) atoms. The van der Waals surface area contributed by atoms with E-state index in [0.29, 0.717) is 29.0 Å². The molecular formula is C29H43F5N4O4Si. The largest absolute Gasteiger partial charge is 0.414 e. The van der Waals surface area contributed by atoms with Crippen molar-refractivity contribution in [1.82, 2.24) is 14.9 Å². The van der Waals surface area contributed by atoms with Crippen LogP contribution in [0, 0.1) is 5.92 Å². The van der Waals surface area contributed by atoms with Crippen LogP contribution in [0.1, 0.15) is 63.0 Å². The lowest BCUT2D eigenvalue weighted by atomic mass is 10.1. The van der Waals surface area contributed by atoms with Gasteiger partial charge in [0.2, 0.25) is 5.91 Å². The van der Waals surface area contributed by atoms with Crippen LogP contribution in [0.2, 0.25) is 25.7 Å². The van der Waals surface area contributed by atoms with Crippen molar-refractivity contribution < 1.29 is 41.0 Å². The highest BCUT2D eigenvalue weighted by atomic mass is 28.3. The highest BCUT2D eigenvalue weighted by Crippen LogP contribution is 2.50. The lowest BCUT2D eigenvalue weighted by Gasteiger charge is -2.26. The summed E-state index contributed by atoms with van der Waals surface area (Å²) < 4.78 is 85.2. The second-order valence-electron chi connectivity index (χ2n) is 13.1. The molecule has 2 fully saturated rings. The van der Waals surface area contributed by atoms with Crippen molar-refractivity contribution in [2.45, 2.75) is 114 Å². The number of aromatic nitrogens is 2. The molecule has 2 aromatic rings. The van der Waals surface area contributed by atoms with Gasteiger partial charge in [0.05, 0.1) is 41.9 Å². The molecule has 1 heterocycles. The first-order chi connectivity index (χ1) is 19.9. The topological polar surface area (TPSA) is 101 Å². The Labute approximate surface area is 249 Å². The van der Waals surface area contributed by atoms with Crippen LogP contribution in [-0.2, 0) is 25.7 Å². The smallest absolute Gasteiger partial charge is 0.376 e. The average molecular weight is 635 g/mol. The fourth-order valence-electron chi connectivity index (χ4n) is 4.66. The van der Waals surface area contributed by atoms with Crippen LogP contribution >= 0.6 is 0 Å². The number of carbonyl (C=O) groups is 1. The average Bonchev–Trinajstić information content (AvgIpc) is 3.79. The number of hydrogen-bond acceptors (Lipinski definition) is 6. The minimum Gasteiger partial charge on any atom is -0.376 e. The van der Waals surface area contributed by atoms with E-state index >= 15 is 0 Å². The van der Waals surface area contributed by atoms with E-state index < -0.39 is 56.3 Å². The number of benzene rings is 1. The summed E-state index contributed by atoms with van der Waals surface area (Å²) in [6, 6.07) is 4.64. The quantitative estimate of drug-likeness (QED) is 0.132. The maximum Gasteiger partial charge on any atom is 0.414 e. The van der Waals surface area contributed by atoms with Gasteiger partial charge in [-0.3, -0.25) is 4.79 Å². The molecule has 1 amide bonds. The molecule has 0 bridgehead atoms. The molecule has 14 heteroatoms. The van der Waals surface area contributed by atoms with Gasteiger partial charge in [-0.05, 0) is 50.4 Å². The Hall–Kier alpha value is -2.13. The second-order valence-corrected chi connectivity index (χ2v) is 18.7. The first-order valence-electron chi connectivity index (χ1n) is 14.8. The van der Waals surface area contributed by atoms with Gasteiger partial charge in [0.1, 0.15) is 12.6 Å². The van der Waals surface area contributed by atoms with E-state index in [-0.39, 0.29) is 32.3 Å². The summed E-state index contributed by atoms with van der Waals surface area (Å²) in [6.45, 7) is 9.84. The predicted molar refractivity (Wildman–Crippen MR) is 154 cm³/mol. The minimum absolute atomic E-state index is 0.0887. The van der Waals surface area contributed by atoms with Gasteiger partial charge in [-0.15, -0.1) is 0 Å². The summed E-state index contributed by atoms with van der Waals surface area (Å²) in [5.74, 6) is -3.94. The standard InChI is InChI=1S/C29H43F5N4O4Si/c1-17(42-18(2)29(32,33)34)26(35)27-37-22-12-19(6-9-24(22)38(27)16-40-10-11-43(3,4)5)23(15-41-21-7-8-21)36-25(39)13-20-14-28(20,30)31/h6,9,12,17-18,20-21,23,26H,7-8,10-11,13-16,35H2,1-5H3,(H,36,39)/t17-,18-,20+,23-,26+/m1/s1. The highest BCUT2D eigenvalue weighted by Gasteiger charge is 2.57. The maximum atomic E-state index is 13.4. The number of ether oxygens (including phenoxy) is 3. The van der Waals surface area contributed by atoms with Crippen molar-refractivity contribution in [3.8, 4) is 0 Å². The van der Waals surface area contributed by atoms with Crippen LogP contribution in [0.3, 0.4) is 0 Å². The number of nitrogens with one attached hydrogen (secondary N) is 1. The molecule has 2 saturated carbocycles. The molecule has 0 saturated heterocycles. The molecule has 2 aliphatic carbocycles. The third-order valence-electron chi connectivity index (χ3n) is 7.85. The zero-order valence-electron chi connectivity index (χ0n) is 25.3. The van der Waals surface area contributed by atoms with Gasteiger partial charge in [-0.2, -0.15) is 13.2 Å². The number of hydrogen-bond donors (Lipinski definition) is 2. The monoisotopic (exact) mass is 634 g/mol. The molecule has 8 nitrogen and oxygen atoms in total. The Kier molecular flexibility index (Phi) is 10.3. The lowest BCUT2D eigenvalue weighted by molar-refractivity contribution is -0.227. The molecular weight excluding hydrogens is 591 g/mol. The van der Waals surface area contributed by atoms with Gasteiger partial charge >= 0.3 is 6.18 Å². The summed E-state index contributed by atoms with van der Waals surface area (Å²) in [4.78, 5) is 17.3. The number of amides is 1. The molecule has 0 spiro atoms. The number of alkyl halides is 5. The summed E-state index contributed by atoms with van der Waals surface area (Å²) >= 11 is 0. The van der Waals surface area contributed by atoms with E-state index in [2.05, 4.69) is 25.0 Å². The molecule has 0 aliphatic heterocycles. The van der Waals surface area contributed by atoms with Crippen LogP contribution in [0.5, 0.6) is 0 Å². The van der Waals surface area contributed by atoms with E-state index in [9.17, 15) is 26.7 Å². The summed E-state index contributed by atoms with van der Waals surface area (Å²) in [5, 5.41) is 2.84. The number of rotatable bonds is 16. The van der Waals surface area contributed by atoms with Gasteiger partial charge in [0.15, 0.2) is 6.10 Å². The predicted octanol–water partition coefficient (Wildman–Crippen LogP) is 6.09. The first-order valence-corrected chi connectivity index (χ1v) is 18.5. The van der Waals surface area contributed by atoms with Gasteiger partial charge in [0.25, 0.3) is 5.92 Å². The van der Waals surface area contributed by atoms with E-state index in [1.807, 2.05) is 0 Å². The van der Waals surface area contributed by atoms with Gasteiger partial charge in [0, 0.05) is 33.4 Å². The second kappa shape index (κ2) is 13.1. The normalized spacial score (nSPS) is 21.4. The molecule has 4 rings (SSSR count). The van der Waals surface area contributed by atoms with Crippen LogP contribution in [-0.4, -0.2) is 67.2 Å². The molecule has 0 unspecified atom stereocenters. The summed E-state index contributed by atoms with van der Waals surface area (Å²) in [6.07, 6.45) is -6.19. The molecule has 1 aromatic carbocycles. The zero-order valence-corrected chi connectivity index (χ0v) is 26.3. The van der Waals surface area contributed by atoms with Crippen LogP contribution in [0.25, 0.3) is 11.0 Å². The minimum atomic E-state index is -4.54. The maximum absolute atomic E-state index is 13.4. The zero-order chi connectivity index (χ0) is 31.7. The first kappa shape index (κ1) is 33.8. The third kappa shape index (κ3) is 9.43. The molecule has 242 valence electrons. The van der Waals surface area contributed by atoms with E-state index in [1.165, 1.54) is 6.92 Å². The lowest BCUT2D eigenvalue weighted by Crippen LogP contribution is -2.37. The van der Waals surface area contributed by atoms with Crippen molar-refractivity contribution in [3.05, 3.63) is 29.6 Å². The van der Waals surface area contributed by atoms with Gasteiger partial charge < -0.3 is 29.8 Å². The van der Waals surface area contributed by atoms with Crippen LogP contribution < -0.4 is 11.1 Å². The van der Waals surface area contributed by atoms with Gasteiger partial charge in [-0.25, -0.2) is 13.8 Å². The van der Waals surface area contributed by atoms with E-state index in [4.69, 9.17) is 24.9 Å². The number of nitrogens with two attached hydrogens (primary N) is 1. The summed E-state index contributed by atoms with van der Waals surface area (Å²) in [7, 11) is -1.37. The van der Waals surface area contributed by atoms with Crippen molar-refractivity contribution in [3.63, 3.8) is 0 Å². The SMILES string of the molecule is C[C@@H](O[C@H](C)C(F)(F)F)[C@H](N)c1nc2cc([C@@H](COC3CC3)NC(=O)C[C@H]3CC3(F)F)ccc2n1COCC[Si](C)(C)C. The Morgan fingerprint density at radius 1 is 1.23 bits per heavy atom. The molecule has 2 aliphatic rings. The van der Waals surface area contributed by atoms with Crippen molar-refractivity contribution in [1.29, 1.82) is 0 Å². The Bertz CT molecular complexity index is 1260. The Balaban J connectivity index is 1.59. The van der Waals surface area contributed by atoms with E-state index in [1.54, 1.807) is 22.8 Å². The third-order valence-corrected chi connectivity index (χ3v) is 9.55. The number of carbonyl (C=O) groups excluding carboxylic acids is 1. The van der Waals surface area contributed by atoms with Crippen LogP contribution in [0.15, 0.2) is 18.2 Å². The molecule has 3 N–H and O–H groups in total. The highest BCUT2D eigenvalue weighted by molar-refractivity contribution is 6.76. The summed E-state index contributed by atoms with van der Waals surface area (Å²) in [5.41, 5.74) is 8.22. The van der Waals surface area contributed by atoms with E-state index in [0.717, 1.165) is 25.8 Å². The fourth-order valence-corrected chi connectivity index (χ4v) is 5.41. The molecule has 1 aromatic heterocycles. The molecule has 5 atom stereocenters.